The van der Waals surface area contributed by atoms with Crippen LogP contribution in [0.25, 0.3) is 16.6 Å². The number of nitrogens with zero attached hydrogens (tertiary/aromatic N) is 8. The number of aromatic nitrogens is 7. The van der Waals surface area contributed by atoms with Crippen molar-refractivity contribution < 1.29 is 4.79 Å². The van der Waals surface area contributed by atoms with E-state index in [0.29, 0.717) is 41.1 Å². The van der Waals surface area contributed by atoms with Gasteiger partial charge in [-0.3, -0.25) is 14.5 Å². The van der Waals surface area contributed by atoms with E-state index < -0.39 is 0 Å². The first-order valence-corrected chi connectivity index (χ1v) is 14.1. The number of hydrogen-bond acceptors (Lipinski definition) is 9. The molecule has 0 atom stereocenters. The van der Waals surface area contributed by atoms with Gasteiger partial charge < -0.3 is 25.3 Å². The second-order valence-corrected chi connectivity index (χ2v) is 11.0. The van der Waals surface area contributed by atoms with Crippen LogP contribution in [-0.4, -0.2) is 65.2 Å². The van der Waals surface area contributed by atoms with Crippen LogP contribution in [0, 0.1) is 6.92 Å². The third kappa shape index (κ3) is 5.30. The van der Waals surface area contributed by atoms with E-state index in [1.54, 1.807) is 29.3 Å². The number of carbonyl (C=O) groups is 1. The van der Waals surface area contributed by atoms with Crippen molar-refractivity contribution in [2.45, 2.75) is 51.2 Å². The van der Waals surface area contributed by atoms with Crippen LogP contribution in [0.5, 0.6) is 0 Å². The van der Waals surface area contributed by atoms with E-state index >= 15 is 0 Å². The summed E-state index contributed by atoms with van der Waals surface area (Å²) in [6, 6.07) is 7.03. The van der Waals surface area contributed by atoms with Crippen molar-refractivity contribution >= 4 is 39.9 Å². The number of fused-ring (bicyclic) bond motifs is 2. The van der Waals surface area contributed by atoms with Crippen molar-refractivity contribution in [1.29, 1.82) is 0 Å². The molecule has 2 aliphatic rings. The molecule has 12 nitrogen and oxygen atoms in total. The first-order valence-electron chi connectivity index (χ1n) is 14.1. The number of amides is 1. The average Bonchev–Trinajstić information content (AvgIpc) is 3.56. The van der Waals surface area contributed by atoms with Gasteiger partial charge in [0.15, 0.2) is 11.5 Å². The fourth-order valence-electron chi connectivity index (χ4n) is 5.65. The van der Waals surface area contributed by atoms with Crippen LogP contribution in [0.2, 0.25) is 0 Å². The molecule has 5 aromatic rings. The van der Waals surface area contributed by atoms with Crippen LogP contribution in [0.1, 0.15) is 47.4 Å². The van der Waals surface area contributed by atoms with Crippen molar-refractivity contribution in [2.24, 2.45) is 7.05 Å². The first kappa shape index (κ1) is 25.4. The predicted octanol–water partition coefficient (Wildman–Crippen LogP) is 3.30. The van der Waals surface area contributed by atoms with Gasteiger partial charge in [0.25, 0.3) is 5.91 Å². The summed E-state index contributed by atoms with van der Waals surface area (Å²) in [6.45, 7) is 4.29. The predicted molar refractivity (Wildman–Crippen MR) is 157 cm³/mol. The molecular formula is C29H33N11O. The highest BCUT2D eigenvalue weighted by atomic mass is 16.1. The summed E-state index contributed by atoms with van der Waals surface area (Å²) in [5.41, 5.74) is 4.54. The van der Waals surface area contributed by atoms with Gasteiger partial charge in [-0.25, -0.2) is 15.0 Å². The zero-order chi connectivity index (χ0) is 27.9. The van der Waals surface area contributed by atoms with Gasteiger partial charge in [-0.2, -0.15) is 5.10 Å². The highest BCUT2D eigenvalue weighted by Crippen LogP contribution is 2.32. The molecule has 41 heavy (non-hydrogen) atoms. The van der Waals surface area contributed by atoms with Crippen molar-refractivity contribution in [1.82, 2.24) is 39.4 Å². The van der Waals surface area contributed by atoms with Crippen LogP contribution < -0.4 is 20.9 Å². The van der Waals surface area contributed by atoms with Crippen LogP contribution in [0.4, 0.5) is 17.5 Å². The molecule has 4 aromatic heterocycles. The summed E-state index contributed by atoms with van der Waals surface area (Å²) in [5, 5.41) is 15.6. The third-order valence-electron chi connectivity index (χ3n) is 7.75. The Balaban J connectivity index is 1.11. The van der Waals surface area contributed by atoms with E-state index in [-0.39, 0.29) is 5.91 Å². The Bertz CT molecular complexity index is 1720. The molecule has 1 amide bonds. The number of benzene rings is 1. The third-order valence-corrected chi connectivity index (χ3v) is 7.75. The number of aryl methyl sites for hydroxylation is 2. The molecule has 5 heterocycles. The van der Waals surface area contributed by atoms with Crippen molar-refractivity contribution in [3.63, 3.8) is 0 Å². The lowest BCUT2D eigenvalue weighted by Crippen LogP contribution is -2.43. The molecule has 0 bridgehead atoms. The van der Waals surface area contributed by atoms with Gasteiger partial charge in [-0.15, -0.1) is 0 Å². The minimum atomic E-state index is -0.252. The lowest BCUT2D eigenvalue weighted by atomic mass is 10.0. The van der Waals surface area contributed by atoms with Crippen LogP contribution in [0.15, 0.2) is 49.2 Å². The molecule has 12 heteroatoms. The van der Waals surface area contributed by atoms with Gasteiger partial charge in [-0.05, 0) is 50.8 Å². The average molecular weight is 552 g/mol. The summed E-state index contributed by atoms with van der Waals surface area (Å²) in [5.74, 6) is 0.701. The number of nitrogens with one attached hydrogen (secondary N) is 3. The maximum absolute atomic E-state index is 13.5. The Morgan fingerprint density at radius 2 is 1.78 bits per heavy atom. The molecule has 3 N–H and O–H groups in total. The highest BCUT2D eigenvalue weighted by molar-refractivity contribution is 6.13. The molecule has 1 saturated heterocycles. The van der Waals surface area contributed by atoms with Crippen LogP contribution in [0.3, 0.4) is 0 Å². The summed E-state index contributed by atoms with van der Waals surface area (Å²) >= 11 is 0. The fourth-order valence-corrected chi connectivity index (χ4v) is 5.65. The fraction of sp³-hybridized carbons (Fsp3) is 0.379. The van der Waals surface area contributed by atoms with E-state index in [1.165, 1.54) is 12.8 Å². The second-order valence-electron chi connectivity index (χ2n) is 11.0. The zero-order valence-electron chi connectivity index (χ0n) is 23.2. The largest absolute Gasteiger partial charge is 0.371 e. The van der Waals surface area contributed by atoms with E-state index in [4.69, 9.17) is 0 Å². The molecule has 0 unspecified atom stereocenters. The quantitative estimate of drug-likeness (QED) is 0.266. The lowest BCUT2D eigenvalue weighted by molar-refractivity contribution is 0.102. The lowest BCUT2D eigenvalue weighted by Gasteiger charge is -2.34. The van der Waals surface area contributed by atoms with Gasteiger partial charge in [0.1, 0.15) is 11.2 Å². The summed E-state index contributed by atoms with van der Waals surface area (Å²) in [4.78, 5) is 33.7. The molecule has 1 saturated carbocycles. The van der Waals surface area contributed by atoms with Gasteiger partial charge in [0.05, 0.1) is 24.0 Å². The molecule has 0 radical (unpaired) electrons. The highest BCUT2D eigenvalue weighted by Gasteiger charge is 2.28. The maximum Gasteiger partial charge on any atom is 0.259 e. The Labute approximate surface area is 237 Å². The molecule has 0 spiro atoms. The van der Waals surface area contributed by atoms with E-state index in [0.717, 1.165) is 54.4 Å². The van der Waals surface area contributed by atoms with Gasteiger partial charge in [-0.1, -0.05) is 0 Å². The Kier molecular flexibility index (Phi) is 6.46. The zero-order valence-corrected chi connectivity index (χ0v) is 23.2. The number of carbonyl (C=O) groups excluding carboxylic acids is 1. The molecule has 1 aliphatic carbocycles. The van der Waals surface area contributed by atoms with Gasteiger partial charge in [0, 0.05) is 68.1 Å². The number of piperidine rings is 1. The maximum atomic E-state index is 13.5. The van der Waals surface area contributed by atoms with Crippen molar-refractivity contribution in [3.8, 4) is 0 Å². The smallest absolute Gasteiger partial charge is 0.259 e. The van der Waals surface area contributed by atoms with Gasteiger partial charge in [0.2, 0.25) is 5.95 Å². The normalized spacial score (nSPS) is 16.0. The van der Waals surface area contributed by atoms with E-state index in [2.05, 4.69) is 52.0 Å². The minimum Gasteiger partial charge on any atom is -0.371 e. The molecule has 1 aromatic carbocycles. The van der Waals surface area contributed by atoms with Crippen molar-refractivity contribution in [2.75, 3.05) is 28.6 Å². The first-order chi connectivity index (χ1) is 20.0. The van der Waals surface area contributed by atoms with Crippen molar-refractivity contribution in [3.05, 3.63) is 66.1 Å². The number of rotatable bonds is 8. The second kappa shape index (κ2) is 10.4. The van der Waals surface area contributed by atoms with Gasteiger partial charge >= 0.3 is 0 Å². The topological polar surface area (TPSA) is 130 Å². The summed E-state index contributed by atoms with van der Waals surface area (Å²) < 4.78 is 3.66. The van der Waals surface area contributed by atoms with Crippen LogP contribution >= 0.6 is 0 Å². The minimum absolute atomic E-state index is 0.252. The Morgan fingerprint density at radius 3 is 2.56 bits per heavy atom. The number of imidazole rings is 1. The Hall–Kier alpha value is -4.58. The van der Waals surface area contributed by atoms with Crippen LogP contribution in [-0.2, 0) is 13.6 Å². The Morgan fingerprint density at radius 1 is 1.00 bits per heavy atom. The SMILES string of the molecule is Cc1cn2cc(NC(=O)c3ccc(N4CCC(NC5CC5)CC4)c4cn(C)nc34)nc2c(CNc2ncccn2)n1. The summed E-state index contributed by atoms with van der Waals surface area (Å²) in [6.07, 6.45) is 13.9. The standard InChI is InChI=1S/C29H33N11O/c1-18-15-40-17-25(35-27(40)23(33-18)14-32-29-30-10-3-11-31-29)36-28(41)21-6-7-24(22-16-38(2)37-26(21)22)39-12-8-20(9-13-39)34-19-4-5-19/h3,6-7,10-11,15-17,19-20,34H,4-5,8-9,12-14H2,1-2H3,(H,36,41)(H,30,31,32). The molecule has 210 valence electrons. The molecule has 7 rings (SSSR count). The summed E-state index contributed by atoms with van der Waals surface area (Å²) in [7, 11) is 1.89. The van der Waals surface area contributed by atoms with E-state index in [1.807, 2.05) is 36.8 Å². The number of hydrogen-bond donors (Lipinski definition) is 3. The molecular weight excluding hydrogens is 518 g/mol. The van der Waals surface area contributed by atoms with E-state index in [9.17, 15) is 4.79 Å². The molecule has 1 aliphatic heterocycles. The number of anilines is 3. The monoisotopic (exact) mass is 551 g/mol. The molecule has 2 fully saturated rings.